The third-order valence-electron chi connectivity index (χ3n) is 2.49. The maximum Gasteiger partial charge on any atom is 0.386 e. The SMILES string of the molecule is O=C(c1cnc2n1CC(Cl)CC2)C(F)(F)Cl. The number of rotatable bonds is 2. The number of carbonyl (C=O) groups excluding carboxylic acids is 1. The topological polar surface area (TPSA) is 34.9 Å². The minimum absolute atomic E-state index is 0.169. The van der Waals surface area contributed by atoms with Crippen LogP contribution >= 0.6 is 23.2 Å². The van der Waals surface area contributed by atoms with Crippen molar-refractivity contribution in [2.24, 2.45) is 0 Å². The molecule has 1 aliphatic heterocycles. The minimum atomic E-state index is -3.89. The number of alkyl halides is 4. The molecule has 0 bridgehead atoms. The van der Waals surface area contributed by atoms with Crippen molar-refractivity contribution in [1.82, 2.24) is 9.55 Å². The maximum atomic E-state index is 12.7. The summed E-state index contributed by atoms with van der Waals surface area (Å²) in [6, 6.07) is 0. The molecule has 0 amide bonds. The summed E-state index contributed by atoms with van der Waals surface area (Å²) in [6.07, 6.45) is 2.43. The van der Waals surface area contributed by atoms with E-state index in [9.17, 15) is 13.6 Å². The summed E-state index contributed by atoms with van der Waals surface area (Å²) in [7, 11) is 0. The van der Waals surface area contributed by atoms with Crippen LogP contribution in [0.15, 0.2) is 6.20 Å². The summed E-state index contributed by atoms with van der Waals surface area (Å²) < 4.78 is 26.8. The van der Waals surface area contributed by atoms with Gasteiger partial charge in [0.25, 0.3) is 5.78 Å². The molecule has 0 saturated heterocycles. The number of nitrogens with zero attached hydrogens (tertiary/aromatic N) is 2. The Labute approximate surface area is 100 Å². The van der Waals surface area contributed by atoms with E-state index in [4.69, 9.17) is 23.2 Å². The molecule has 1 aliphatic rings. The van der Waals surface area contributed by atoms with Gasteiger partial charge in [0, 0.05) is 13.0 Å². The third kappa shape index (κ3) is 2.06. The van der Waals surface area contributed by atoms with E-state index in [1.165, 1.54) is 4.57 Å². The lowest BCUT2D eigenvalue weighted by Crippen LogP contribution is -2.28. The van der Waals surface area contributed by atoms with Crippen LogP contribution < -0.4 is 0 Å². The molecule has 2 heterocycles. The number of hydrogen-bond donors (Lipinski definition) is 0. The molecule has 0 aliphatic carbocycles. The van der Waals surface area contributed by atoms with Crippen molar-refractivity contribution < 1.29 is 13.6 Å². The Kier molecular flexibility index (Phi) is 2.92. The average molecular weight is 269 g/mol. The van der Waals surface area contributed by atoms with Gasteiger partial charge in [-0.2, -0.15) is 8.78 Å². The summed E-state index contributed by atoms with van der Waals surface area (Å²) >= 11 is 10.6. The van der Waals surface area contributed by atoms with Crippen LogP contribution in [0.5, 0.6) is 0 Å². The lowest BCUT2D eigenvalue weighted by molar-refractivity contribution is 0.0525. The summed E-state index contributed by atoms with van der Waals surface area (Å²) in [5.74, 6) is -0.833. The molecule has 0 radical (unpaired) electrons. The third-order valence-corrected chi connectivity index (χ3v) is 3.02. The standard InChI is InChI=1S/C9H8Cl2F2N2O/c10-5-1-2-7-14-3-6(15(7)4-5)8(16)9(11,12)13/h3,5H,1-2,4H2. The first-order valence-corrected chi connectivity index (χ1v) is 5.51. The van der Waals surface area contributed by atoms with Gasteiger partial charge in [-0.3, -0.25) is 4.79 Å². The van der Waals surface area contributed by atoms with E-state index in [1.807, 2.05) is 0 Å². The minimum Gasteiger partial charge on any atom is -0.324 e. The van der Waals surface area contributed by atoms with Crippen LogP contribution in [-0.4, -0.2) is 26.1 Å². The van der Waals surface area contributed by atoms with Gasteiger partial charge >= 0.3 is 5.38 Å². The zero-order valence-electron chi connectivity index (χ0n) is 8.09. The van der Waals surface area contributed by atoms with Gasteiger partial charge in [0.2, 0.25) is 0 Å². The van der Waals surface area contributed by atoms with E-state index in [2.05, 4.69) is 4.98 Å². The lowest BCUT2D eigenvalue weighted by Gasteiger charge is -2.20. The fourth-order valence-electron chi connectivity index (χ4n) is 1.72. The number of Topliss-reactive ketones (excluding diaryl/α,β-unsaturated/α-hetero) is 1. The predicted molar refractivity (Wildman–Crippen MR) is 55.3 cm³/mol. The number of aromatic nitrogens is 2. The summed E-state index contributed by atoms with van der Waals surface area (Å²) in [5.41, 5.74) is -0.180. The Bertz CT molecular complexity index is 428. The fourth-order valence-corrected chi connectivity index (χ4v) is 2.06. The second kappa shape index (κ2) is 3.96. The lowest BCUT2D eigenvalue weighted by atomic mass is 10.1. The van der Waals surface area contributed by atoms with Crippen molar-refractivity contribution in [1.29, 1.82) is 0 Å². The van der Waals surface area contributed by atoms with Crippen LogP contribution in [0.4, 0.5) is 8.78 Å². The molecule has 16 heavy (non-hydrogen) atoms. The molecule has 0 aromatic carbocycles. The number of halogens is 4. The van der Waals surface area contributed by atoms with Crippen LogP contribution in [0.2, 0.25) is 0 Å². The van der Waals surface area contributed by atoms with Crippen molar-refractivity contribution in [2.45, 2.75) is 30.1 Å². The highest BCUT2D eigenvalue weighted by Crippen LogP contribution is 2.27. The van der Waals surface area contributed by atoms with E-state index in [0.29, 0.717) is 18.8 Å². The van der Waals surface area contributed by atoms with Crippen molar-refractivity contribution >= 4 is 29.0 Å². The molecule has 1 aromatic heterocycles. The molecule has 0 fully saturated rings. The van der Waals surface area contributed by atoms with Crippen molar-refractivity contribution in [3.05, 3.63) is 17.7 Å². The van der Waals surface area contributed by atoms with Crippen LogP contribution in [-0.2, 0) is 13.0 Å². The van der Waals surface area contributed by atoms with Gasteiger partial charge < -0.3 is 4.57 Å². The number of ketones is 1. The molecular formula is C9H8Cl2F2N2O. The predicted octanol–water partition coefficient (Wildman–Crippen LogP) is 2.45. The molecule has 1 aromatic rings. The van der Waals surface area contributed by atoms with Crippen LogP contribution in [0, 0.1) is 0 Å². The second-order valence-electron chi connectivity index (χ2n) is 3.63. The molecule has 0 saturated carbocycles. The number of hydrogen-bond acceptors (Lipinski definition) is 2. The van der Waals surface area contributed by atoms with Gasteiger partial charge in [-0.25, -0.2) is 4.98 Å². The number of imidazole rings is 1. The molecular weight excluding hydrogens is 261 g/mol. The number of fused-ring (bicyclic) bond motifs is 1. The molecule has 2 rings (SSSR count). The summed E-state index contributed by atoms with van der Waals surface area (Å²) in [6.45, 7) is 0.310. The number of carbonyl (C=O) groups is 1. The van der Waals surface area contributed by atoms with E-state index < -0.39 is 11.2 Å². The van der Waals surface area contributed by atoms with Crippen LogP contribution in [0.25, 0.3) is 0 Å². The monoisotopic (exact) mass is 268 g/mol. The summed E-state index contributed by atoms with van der Waals surface area (Å²) in [4.78, 5) is 15.2. The molecule has 1 atom stereocenters. The largest absolute Gasteiger partial charge is 0.386 e. The molecule has 3 nitrogen and oxygen atoms in total. The Morgan fingerprint density at radius 2 is 2.31 bits per heavy atom. The van der Waals surface area contributed by atoms with Crippen molar-refractivity contribution in [2.75, 3.05) is 0 Å². The van der Waals surface area contributed by atoms with Crippen molar-refractivity contribution in [3.8, 4) is 0 Å². The molecule has 0 spiro atoms. The molecule has 0 N–H and O–H groups in total. The zero-order valence-corrected chi connectivity index (χ0v) is 9.60. The van der Waals surface area contributed by atoms with Crippen LogP contribution in [0.1, 0.15) is 22.7 Å². The van der Waals surface area contributed by atoms with Gasteiger partial charge in [-0.15, -0.1) is 11.6 Å². The zero-order chi connectivity index (χ0) is 11.9. The van der Waals surface area contributed by atoms with Gasteiger partial charge in [-0.1, -0.05) is 0 Å². The van der Waals surface area contributed by atoms with Gasteiger partial charge in [0.15, 0.2) is 0 Å². The Balaban J connectivity index is 2.37. The quantitative estimate of drug-likeness (QED) is 0.610. The van der Waals surface area contributed by atoms with Gasteiger partial charge in [-0.05, 0) is 18.0 Å². The highest BCUT2D eigenvalue weighted by molar-refractivity contribution is 6.35. The highest BCUT2D eigenvalue weighted by atomic mass is 35.5. The first-order chi connectivity index (χ1) is 7.39. The average Bonchev–Trinajstić information content (AvgIpc) is 2.57. The van der Waals surface area contributed by atoms with E-state index in [0.717, 1.165) is 12.6 Å². The highest BCUT2D eigenvalue weighted by Gasteiger charge is 2.39. The molecule has 88 valence electrons. The first-order valence-electron chi connectivity index (χ1n) is 4.69. The Morgan fingerprint density at radius 1 is 1.62 bits per heavy atom. The molecule has 1 unspecified atom stereocenters. The first kappa shape index (κ1) is 11.8. The molecule has 7 heteroatoms. The van der Waals surface area contributed by atoms with E-state index >= 15 is 0 Å². The Morgan fingerprint density at radius 3 is 2.94 bits per heavy atom. The normalized spacial score (nSPS) is 20.6. The van der Waals surface area contributed by atoms with Gasteiger partial charge in [0.1, 0.15) is 11.5 Å². The van der Waals surface area contributed by atoms with E-state index in [1.54, 1.807) is 0 Å². The van der Waals surface area contributed by atoms with Gasteiger partial charge in [0.05, 0.1) is 11.6 Å². The second-order valence-corrected chi connectivity index (χ2v) is 4.73. The van der Waals surface area contributed by atoms with Crippen molar-refractivity contribution in [3.63, 3.8) is 0 Å². The Hall–Kier alpha value is -0.680. The number of aryl methyl sites for hydroxylation is 1. The maximum absolute atomic E-state index is 12.7. The van der Waals surface area contributed by atoms with E-state index in [-0.39, 0.29) is 11.1 Å². The smallest absolute Gasteiger partial charge is 0.324 e. The summed E-state index contributed by atoms with van der Waals surface area (Å²) in [5, 5.41) is -4.06. The fraction of sp³-hybridized carbons (Fsp3) is 0.556. The van der Waals surface area contributed by atoms with Crippen LogP contribution in [0.3, 0.4) is 0 Å².